The lowest BCUT2D eigenvalue weighted by Gasteiger charge is -2.46. The van der Waals surface area contributed by atoms with Crippen molar-refractivity contribution < 1.29 is 17.5 Å². The van der Waals surface area contributed by atoms with Crippen LogP contribution in [0, 0.1) is 12.7 Å². The minimum atomic E-state index is -4.21. The lowest BCUT2D eigenvalue weighted by atomic mass is 9.96. The first-order valence-corrected chi connectivity index (χ1v) is 21.1. The SMILES string of the molecule is CC.CC.CC.CCC(C)Oc1ccc(S(=O)(=O)c2cnc3ccc(C)cc3c2N2CCC(N3CCC(N4CCN(C)CC4)CC3)CC2)c(F)c1. The predicted octanol–water partition coefficient (Wildman–Crippen LogP) is 8.45. The molecule has 1 aromatic heterocycles. The highest BCUT2D eigenvalue weighted by molar-refractivity contribution is 7.91. The van der Waals surface area contributed by atoms with Crippen molar-refractivity contribution in [2.75, 3.05) is 64.3 Å². The summed E-state index contributed by atoms with van der Waals surface area (Å²) in [5.74, 6) is -0.493. The van der Waals surface area contributed by atoms with Crippen molar-refractivity contribution in [3.63, 3.8) is 0 Å². The van der Waals surface area contributed by atoms with Gasteiger partial charge in [-0.15, -0.1) is 0 Å². The van der Waals surface area contributed by atoms with E-state index in [1.165, 1.54) is 44.3 Å². The normalized spacial score (nSPS) is 18.8. The van der Waals surface area contributed by atoms with Crippen LogP contribution in [0.25, 0.3) is 10.9 Å². The number of likely N-dealkylation sites (N-methyl/N-ethyl adjacent to an activating group) is 1. The Bertz CT molecular complexity index is 1600. The van der Waals surface area contributed by atoms with Crippen LogP contribution < -0.4 is 9.64 Å². The number of piperidine rings is 2. The fourth-order valence-corrected chi connectivity index (χ4v) is 8.75. The van der Waals surface area contributed by atoms with Gasteiger partial charge in [0.2, 0.25) is 9.84 Å². The average Bonchev–Trinajstić information content (AvgIpc) is 3.17. The van der Waals surface area contributed by atoms with Crippen LogP contribution in [-0.2, 0) is 9.84 Å². The summed E-state index contributed by atoms with van der Waals surface area (Å²) in [6.45, 7) is 26.3. The van der Waals surface area contributed by atoms with Gasteiger partial charge in [-0.2, -0.15) is 0 Å². The zero-order valence-corrected chi connectivity index (χ0v) is 34.0. The van der Waals surface area contributed by atoms with E-state index in [-0.39, 0.29) is 15.9 Å². The third-order valence-corrected chi connectivity index (χ3v) is 12.0. The van der Waals surface area contributed by atoms with Gasteiger partial charge >= 0.3 is 0 Å². The summed E-state index contributed by atoms with van der Waals surface area (Å²) in [6, 6.07) is 11.1. The number of benzene rings is 2. The number of hydrogen-bond acceptors (Lipinski definition) is 8. The van der Waals surface area contributed by atoms with Crippen molar-refractivity contribution in [2.45, 2.75) is 122 Å². The molecule has 286 valence electrons. The Balaban J connectivity index is 0.00000111. The first kappa shape index (κ1) is 42.6. The first-order valence-electron chi connectivity index (χ1n) is 19.7. The zero-order chi connectivity index (χ0) is 37.7. The van der Waals surface area contributed by atoms with Gasteiger partial charge in [-0.1, -0.05) is 60.1 Å². The molecule has 3 aliphatic heterocycles. The highest BCUT2D eigenvalue weighted by Crippen LogP contribution is 2.39. The topological polar surface area (TPSA) is 69.2 Å². The molecular weight excluding hydrogens is 662 g/mol. The number of likely N-dealkylation sites (tertiary alicyclic amines) is 1. The number of hydrogen-bond donors (Lipinski definition) is 0. The highest BCUT2D eigenvalue weighted by Gasteiger charge is 2.34. The van der Waals surface area contributed by atoms with Crippen molar-refractivity contribution in [3.8, 4) is 5.75 Å². The Labute approximate surface area is 309 Å². The van der Waals surface area contributed by atoms with E-state index in [1.807, 2.05) is 80.5 Å². The van der Waals surface area contributed by atoms with E-state index in [1.54, 1.807) is 6.07 Å². The fourth-order valence-electron chi connectivity index (χ4n) is 7.26. The van der Waals surface area contributed by atoms with Crippen LogP contribution in [0.5, 0.6) is 5.75 Å². The number of nitrogens with zero attached hydrogens (tertiary/aromatic N) is 5. The van der Waals surface area contributed by atoms with Crippen molar-refractivity contribution in [1.82, 2.24) is 19.7 Å². The van der Waals surface area contributed by atoms with E-state index in [2.05, 4.69) is 31.6 Å². The number of fused-ring (bicyclic) bond motifs is 1. The molecule has 1 atom stereocenters. The van der Waals surface area contributed by atoms with Crippen LogP contribution in [0.2, 0.25) is 0 Å². The second-order valence-electron chi connectivity index (χ2n) is 13.2. The van der Waals surface area contributed by atoms with Gasteiger partial charge in [-0.25, -0.2) is 12.8 Å². The number of rotatable bonds is 8. The maximum absolute atomic E-state index is 15.5. The number of aryl methyl sites for hydroxylation is 1. The molecule has 1 unspecified atom stereocenters. The van der Waals surface area contributed by atoms with Gasteiger partial charge in [0.15, 0.2) is 0 Å². The van der Waals surface area contributed by atoms with Crippen LogP contribution in [-0.4, -0.2) is 106 Å². The molecule has 0 spiro atoms. The molecular formula is C41H66FN5O3S. The second-order valence-corrected chi connectivity index (χ2v) is 15.1. The number of piperazine rings is 1. The quantitative estimate of drug-likeness (QED) is 0.229. The summed E-state index contributed by atoms with van der Waals surface area (Å²) in [7, 11) is -2.00. The Morgan fingerprint density at radius 3 is 1.94 bits per heavy atom. The number of halogens is 1. The number of ether oxygens (including phenoxy) is 1. The summed E-state index contributed by atoms with van der Waals surface area (Å²) in [6.07, 6.45) is 6.44. The largest absolute Gasteiger partial charge is 0.491 e. The van der Waals surface area contributed by atoms with E-state index in [9.17, 15) is 8.42 Å². The van der Waals surface area contributed by atoms with E-state index in [0.29, 0.717) is 23.5 Å². The van der Waals surface area contributed by atoms with Gasteiger partial charge in [0, 0.05) is 69.0 Å². The van der Waals surface area contributed by atoms with Gasteiger partial charge in [-0.05, 0) is 90.4 Å². The highest BCUT2D eigenvalue weighted by atomic mass is 32.2. The van der Waals surface area contributed by atoms with Gasteiger partial charge in [0.25, 0.3) is 0 Å². The van der Waals surface area contributed by atoms with E-state index >= 15 is 4.39 Å². The Morgan fingerprint density at radius 1 is 0.804 bits per heavy atom. The second kappa shape index (κ2) is 20.5. The van der Waals surface area contributed by atoms with Crippen molar-refractivity contribution >= 4 is 26.4 Å². The molecule has 3 fully saturated rings. The lowest BCUT2D eigenvalue weighted by molar-refractivity contribution is 0.0495. The van der Waals surface area contributed by atoms with Crippen molar-refractivity contribution in [3.05, 3.63) is 54.0 Å². The van der Waals surface area contributed by atoms with Crippen LogP contribution in [0.4, 0.5) is 10.1 Å². The fraction of sp³-hybridized carbons (Fsp3) is 0.634. The van der Waals surface area contributed by atoms with E-state index in [0.717, 1.165) is 75.0 Å². The number of aromatic nitrogens is 1. The van der Waals surface area contributed by atoms with Crippen LogP contribution in [0.15, 0.2) is 52.4 Å². The smallest absolute Gasteiger partial charge is 0.213 e. The molecule has 51 heavy (non-hydrogen) atoms. The van der Waals surface area contributed by atoms with Gasteiger partial charge in [-0.3, -0.25) is 9.88 Å². The third kappa shape index (κ3) is 10.4. The van der Waals surface area contributed by atoms with Gasteiger partial charge in [0.1, 0.15) is 21.4 Å². The number of anilines is 1. The maximum Gasteiger partial charge on any atom is 0.213 e. The molecule has 3 aliphatic rings. The Kier molecular flexibility index (Phi) is 17.1. The number of sulfone groups is 1. The summed E-state index contributed by atoms with van der Waals surface area (Å²) in [5, 5.41) is 0.791. The van der Waals surface area contributed by atoms with Crippen molar-refractivity contribution in [1.29, 1.82) is 0 Å². The predicted molar refractivity (Wildman–Crippen MR) is 212 cm³/mol. The van der Waals surface area contributed by atoms with Crippen LogP contribution >= 0.6 is 0 Å². The molecule has 0 amide bonds. The lowest BCUT2D eigenvalue weighted by Crippen LogP contribution is -2.54. The molecule has 0 aliphatic carbocycles. The van der Waals surface area contributed by atoms with Gasteiger partial charge in [0.05, 0.1) is 17.3 Å². The summed E-state index contributed by atoms with van der Waals surface area (Å²) in [4.78, 5) is 14.2. The molecule has 0 bridgehead atoms. The molecule has 10 heteroatoms. The van der Waals surface area contributed by atoms with Gasteiger partial charge < -0.3 is 19.4 Å². The molecule has 3 saturated heterocycles. The molecule has 2 aromatic carbocycles. The minimum absolute atomic E-state index is 0.0570. The van der Waals surface area contributed by atoms with E-state index in [4.69, 9.17) is 4.74 Å². The molecule has 6 rings (SSSR count). The molecule has 4 heterocycles. The molecule has 0 saturated carbocycles. The zero-order valence-electron chi connectivity index (χ0n) is 33.2. The summed E-state index contributed by atoms with van der Waals surface area (Å²) >= 11 is 0. The average molecular weight is 728 g/mol. The number of pyridine rings is 1. The molecule has 0 N–H and O–H groups in total. The Hall–Kier alpha value is -2.79. The van der Waals surface area contributed by atoms with Crippen molar-refractivity contribution in [2.24, 2.45) is 0 Å². The maximum atomic E-state index is 15.5. The monoisotopic (exact) mass is 727 g/mol. The molecule has 3 aromatic rings. The minimum Gasteiger partial charge on any atom is -0.491 e. The first-order chi connectivity index (χ1) is 24.6. The van der Waals surface area contributed by atoms with E-state index < -0.39 is 15.7 Å². The Morgan fingerprint density at radius 2 is 1.37 bits per heavy atom. The molecule has 8 nitrogen and oxygen atoms in total. The van der Waals surface area contributed by atoms with Crippen LogP contribution in [0.3, 0.4) is 0 Å². The third-order valence-electron chi connectivity index (χ3n) is 10.2. The summed E-state index contributed by atoms with van der Waals surface area (Å²) in [5.41, 5.74) is 2.40. The standard InChI is InChI=1S/C35H48FN5O3S.3C2H6/c1-5-26(3)44-29-7-9-33(31(36)23-29)45(42,43)34-24-37-32-8-6-25(2)22-30(32)35(34)41-16-12-27(13-17-41)39-14-10-28(11-15-39)40-20-18-38(4)19-21-40;3*1-2/h6-9,22-24,26-28H,5,10-21H2,1-4H3;3*1-2H3. The molecule has 0 radical (unpaired) electrons. The van der Waals surface area contributed by atoms with Crippen LogP contribution in [0.1, 0.15) is 93.1 Å². The summed E-state index contributed by atoms with van der Waals surface area (Å²) < 4.78 is 49.5.